The van der Waals surface area contributed by atoms with E-state index in [2.05, 4.69) is 30.4 Å². The minimum Gasteiger partial charge on any atom is -0.508 e. The van der Waals surface area contributed by atoms with Crippen molar-refractivity contribution in [2.24, 2.45) is 41.4 Å². The van der Waals surface area contributed by atoms with Crippen molar-refractivity contribution in [2.45, 2.75) is 186 Å². The number of aliphatic hydroxyl groups is 1. The number of phenols is 3. The average Bonchev–Trinajstić information content (AvgIpc) is 1.62. The summed E-state index contributed by atoms with van der Waals surface area (Å²) in [6.07, 6.45) is 9.54. The van der Waals surface area contributed by atoms with Crippen LogP contribution in [0.15, 0.2) is 191 Å². The number of ether oxygens (including phenoxy) is 8. The standard InChI is InChI=1S/C27H35N3O8S2.C18H28N2O4.C18H26O5.C14H11N3O7S2.C7H4ClNO4.C7H8N2O3S2.C4H8O/c1-18(14-20(16-23(32)38-27(2,3)4)15-19-7-9-21(31)10-8-19)25(34)29-17-24(33)37-12-13-39-40-26-22(30(35)36)6-5-11-28-26;1-12(17(23)20-19)9-14(11-16(22)24-18(2,3)4)10-13-5-7-15(21)8-6-13;1-12(17(21)22)9-14(11-16(20)23-18(2,3)4)10-13-5-7-15(19)8-6-13;18-14(24-11-5-3-10(4-6-11)16(19)20)23-8-9-25-26-13-12(17(21)22)2-1-7-15-13;8-7(10)13-6-3-1-5(2-4-6)9(11)12;10-4-5-13-14-7-6(9(11)12)2-1-3-8-7;1-2-4-5-3-1/h5-11,18,20,31H,12-17H2,1-4H3,(H,29,34);5-8,12,14,21H,9-11,19H2,1-4H3,(H,20,23);5-8,12,14,19H,9-11H2,1-4H3,(H,21,22);1-7H,8-9H2;1-4H;1-3,10H,4-5H2;1-4H2/t18-,20+;2*12-,14+;;;;/m000..../s1. The van der Waals surface area contributed by atoms with Crippen LogP contribution in [0, 0.1) is 86.1 Å². The van der Waals surface area contributed by atoms with Crippen LogP contribution in [0.2, 0.25) is 0 Å². The third-order valence-electron chi connectivity index (χ3n) is 18.5. The first kappa shape index (κ1) is 126. The molecule has 145 heavy (non-hydrogen) atoms. The minimum atomic E-state index is -0.978. The molecule has 1 fully saturated rings. The lowest BCUT2D eigenvalue weighted by Crippen LogP contribution is -2.36. The van der Waals surface area contributed by atoms with Crippen molar-refractivity contribution in [3.8, 4) is 28.7 Å². The van der Waals surface area contributed by atoms with Crippen molar-refractivity contribution >= 4 is 158 Å². The van der Waals surface area contributed by atoms with Crippen LogP contribution in [-0.4, -0.2) is 192 Å². The van der Waals surface area contributed by atoms with Gasteiger partial charge < -0.3 is 68.7 Å². The van der Waals surface area contributed by atoms with Gasteiger partial charge in [0.1, 0.15) is 65.3 Å². The SMILES string of the molecule is C1CCOC1.C[C@@H](C[C@@H](CC(=O)OC(C)(C)C)Cc1ccc(O)cc1)C(=O)NCC(=O)OCCSSc1ncccc1[N+](=O)[O-].C[C@@H](C[C@@H](CC(=O)OC(C)(C)C)Cc1ccc(O)cc1)C(=O)NN.C[C@@H](C[C@@H](CC(=O)OC(C)(C)C)Cc1ccc(O)cc1)C(=O)O.O=C(Cl)Oc1ccc([N+](=O)[O-])cc1.O=C(OCCSSc1ncccc1[N+](=O)[O-])Oc1ccc([N+](=O)[O-])cc1.O=[N+]([O-])c1cccnc1SSCCO. The number of aliphatic hydroxyl groups excluding tert-OH is 1. The molecule has 9 rings (SSSR count). The van der Waals surface area contributed by atoms with E-state index in [1.165, 1.54) is 160 Å². The fourth-order valence-corrected chi connectivity index (χ4v) is 17.8. The predicted molar refractivity (Wildman–Crippen MR) is 547 cm³/mol. The second-order valence-electron chi connectivity index (χ2n) is 34.3. The second kappa shape index (κ2) is 67.8. The molecule has 0 radical (unpaired) electrons. The van der Waals surface area contributed by atoms with Crippen molar-refractivity contribution in [3.63, 3.8) is 0 Å². The number of aromatic hydroxyl groups is 3. The Hall–Kier alpha value is -12.8. The third kappa shape index (κ3) is 58.1. The maximum Gasteiger partial charge on any atom is 0.513 e. The molecular formula is C95H120ClN11O32S6. The number of hydrazine groups is 1. The van der Waals surface area contributed by atoms with Gasteiger partial charge >= 0.3 is 58.5 Å². The first-order valence-electron chi connectivity index (χ1n) is 44.5. The molecule has 0 unspecified atom stereocenters. The van der Waals surface area contributed by atoms with E-state index in [1.54, 1.807) is 123 Å². The lowest BCUT2D eigenvalue weighted by molar-refractivity contribution is -0.388. The molecule has 0 bridgehead atoms. The van der Waals surface area contributed by atoms with Gasteiger partial charge in [0, 0.05) is 134 Å². The molecule has 0 spiro atoms. The Balaban J connectivity index is 0.000000458. The molecule has 1 aliphatic heterocycles. The summed E-state index contributed by atoms with van der Waals surface area (Å²) in [5, 5.41) is 103. The number of esters is 4. The molecule has 6 atom stereocenters. The monoisotopic (exact) mass is 2150 g/mol. The molecule has 43 nitrogen and oxygen atoms in total. The average molecular weight is 2160 g/mol. The Bertz CT molecular complexity index is 5410. The molecule has 5 aromatic carbocycles. The fraction of sp³-hybridized carbons (Fsp3) is 0.432. The van der Waals surface area contributed by atoms with Gasteiger partial charge in [0.15, 0.2) is 15.1 Å². The van der Waals surface area contributed by atoms with Gasteiger partial charge in [-0.25, -0.2) is 30.4 Å². The van der Waals surface area contributed by atoms with E-state index in [4.69, 9.17) is 60.8 Å². The number of nitrogens with one attached hydrogen (secondary N) is 2. The second-order valence-corrected chi connectivity index (χ2v) is 41.9. The highest BCUT2D eigenvalue weighted by atomic mass is 35.5. The van der Waals surface area contributed by atoms with Crippen LogP contribution in [0.25, 0.3) is 0 Å². The van der Waals surface area contributed by atoms with E-state index in [0.29, 0.717) is 60.8 Å². The summed E-state index contributed by atoms with van der Waals surface area (Å²) in [6, 6.07) is 38.9. The molecule has 50 heteroatoms. The molecule has 2 amide bonds. The number of nitrogens with two attached hydrogens (primary N) is 1. The van der Waals surface area contributed by atoms with Gasteiger partial charge in [-0.3, -0.25) is 89.6 Å². The number of rotatable bonds is 44. The summed E-state index contributed by atoms with van der Waals surface area (Å²) in [5.41, 5.74) is 1.91. The van der Waals surface area contributed by atoms with E-state index in [1.807, 2.05) is 32.9 Å². The number of pyridine rings is 3. The largest absolute Gasteiger partial charge is 0.513 e. The molecule has 1 saturated heterocycles. The van der Waals surface area contributed by atoms with E-state index < -0.39 is 76.8 Å². The van der Waals surface area contributed by atoms with Gasteiger partial charge in [-0.15, -0.1) is 0 Å². The Kier molecular flexibility index (Phi) is 59.1. The number of nitrogens with zero attached hydrogens (tertiary/aromatic N) is 8. The zero-order valence-corrected chi connectivity index (χ0v) is 87.2. The van der Waals surface area contributed by atoms with Gasteiger partial charge in [0.05, 0.1) is 37.1 Å². The summed E-state index contributed by atoms with van der Waals surface area (Å²) >= 11 is 4.92. The summed E-state index contributed by atoms with van der Waals surface area (Å²) in [5.74, 6) is 2.49. The fourth-order valence-electron chi connectivity index (χ4n) is 12.2. The van der Waals surface area contributed by atoms with Crippen LogP contribution in [-0.2, 0) is 81.2 Å². The van der Waals surface area contributed by atoms with Crippen molar-refractivity contribution in [1.29, 1.82) is 0 Å². The zero-order chi connectivity index (χ0) is 108. The molecule has 790 valence electrons. The van der Waals surface area contributed by atoms with Crippen LogP contribution in [0.3, 0.4) is 0 Å². The van der Waals surface area contributed by atoms with Gasteiger partial charge in [0.2, 0.25) is 11.8 Å². The molecular weight excluding hydrogens is 2030 g/mol. The maximum atomic E-state index is 12.7. The lowest BCUT2D eigenvalue weighted by atomic mass is 9.87. The Morgan fingerprint density at radius 3 is 1.07 bits per heavy atom. The van der Waals surface area contributed by atoms with Crippen LogP contribution >= 0.6 is 76.4 Å². The van der Waals surface area contributed by atoms with Gasteiger partial charge in [-0.1, -0.05) is 89.6 Å². The highest BCUT2D eigenvalue weighted by molar-refractivity contribution is 8.77. The number of aromatic nitrogens is 3. The molecule has 0 saturated carbocycles. The quantitative estimate of drug-likeness (QED) is 0.00168. The van der Waals surface area contributed by atoms with E-state index in [0.717, 1.165) is 51.5 Å². The predicted octanol–water partition coefficient (Wildman–Crippen LogP) is 19.1. The number of carbonyl (C=O) groups is 9. The number of hydrogen-bond acceptors (Lipinski definition) is 41. The summed E-state index contributed by atoms with van der Waals surface area (Å²) in [6.45, 7) is 23.2. The maximum absolute atomic E-state index is 12.7. The van der Waals surface area contributed by atoms with Gasteiger partial charge in [-0.05, 0) is 259 Å². The first-order chi connectivity index (χ1) is 68.3. The number of phenolic OH excluding ortho intramolecular Hbond substituents is 3. The number of carboxylic acids is 1. The highest BCUT2D eigenvalue weighted by Crippen LogP contribution is 2.39. The summed E-state index contributed by atoms with van der Waals surface area (Å²) < 4.78 is 40.4. The van der Waals surface area contributed by atoms with Crippen molar-refractivity contribution in [2.75, 3.05) is 56.8 Å². The third-order valence-corrected chi connectivity index (χ3v) is 25.3. The van der Waals surface area contributed by atoms with Crippen LogP contribution in [0.4, 0.5) is 38.0 Å². The molecule has 9 N–H and O–H groups in total. The van der Waals surface area contributed by atoms with Crippen LogP contribution in [0.5, 0.6) is 28.7 Å². The van der Waals surface area contributed by atoms with Crippen LogP contribution < -0.4 is 26.1 Å². The van der Waals surface area contributed by atoms with E-state index >= 15 is 0 Å². The molecule has 4 heterocycles. The van der Waals surface area contributed by atoms with Gasteiger partial charge in [-0.2, -0.15) is 0 Å². The molecule has 8 aromatic rings. The number of aliphatic carboxylic acids is 1. The smallest absolute Gasteiger partial charge is 0.508 e. The molecule has 0 aliphatic carbocycles. The summed E-state index contributed by atoms with van der Waals surface area (Å²) in [7, 11) is 7.26. The Morgan fingerprint density at radius 2 is 0.772 bits per heavy atom. The zero-order valence-electron chi connectivity index (χ0n) is 81.6. The molecule has 1 aliphatic rings. The Labute approximate surface area is 865 Å². The van der Waals surface area contributed by atoms with Crippen molar-refractivity contribution in [3.05, 3.63) is 244 Å². The number of nitro groups is 5. The normalized spacial score (nSPS) is 12.5. The number of benzene rings is 5. The highest BCUT2D eigenvalue weighted by Gasteiger charge is 2.30. The molecule has 3 aromatic heterocycles. The minimum absolute atomic E-state index is 0.00272. The number of halogens is 1. The van der Waals surface area contributed by atoms with Gasteiger partial charge in [0.25, 0.3) is 11.4 Å². The van der Waals surface area contributed by atoms with E-state index in [9.17, 15) is 109 Å². The number of carbonyl (C=O) groups excluding carboxylic acids is 8. The number of carboxylic acid groups (broad SMARTS) is 1. The number of hydrogen-bond donors (Lipinski definition) is 8. The number of amides is 2. The Morgan fingerprint density at radius 1 is 0.448 bits per heavy atom. The van der Waals surface area contributed by atoms with Crippen LogP contribution in [0.1, 0.15) is 151 Å². The first-order valence-corrected chi connectivity index (χ1v) is 51.9. The number of non-ortho nitro benzene ring substituents is 2. The lowest BCUT2D eigenvalue weighted by Gasteiger charge is -2.24. The van der Waals surface area contributed by atoms with E-state index in [-0.39, 0.29) is 166 Å². The van der Waals surface area contributed by atoms with Crippen molar-refractivity contribution in [1.82, 2.24) is 25.7 Å². The summed E-state index contributed by atoms with van der Waals surface area (Å²) in [4.78, 5) is 168. The van der Waals surface area contributed by atoms with Crippen molar-refractivity contribution < 1.29 is 131 Å². The topological polar surface area (TPSA) is 633 Å². The number of nitro benzene ring substituents is 2.